The average molecular weight is 599 g/mol. The molecule has 1 amide bonds. The number of nitrogens with one attached hydrogen (secondary N) is 4. The highest BCUT2D eigenvalue weighted by atomic mass is 32.2. The van der Waals surface area contributed by atoms with Gasteiger partial charge in [-0.2, -0.15) is 0 Å². The molecule has 10 N–H and O–H groups in total. The van der Waals surface area contributed by atoms with E-state index in [1.807, 2.05) is 12.1 Å². The second kappa shape index (κ2) is 15.8. The van der Waals surface area contributed by atoms with Gasteiger partial charge in [0.05, 0.1) is 11.8 Å². The van der Waals surface area contributed by atoms with Gasteiger partial charge in [0.25, 0.3) is 0 Å². The fraction of sp³-hybridized carbons (Fsp3) is 0.414. The van der Waals surface area contributed by atoms with Crippen LogP contribution in [0.3, 0.4) is 0 Å². The Kier molecular flexibility index (Phi) is 12.8. The summed E-state index contributed by atoms with van der Waals surface area (Å²) in [5.74, 6) is -2.38. The van der Waals surface area contributed by atoms with Gasteiger partial charge in [-0.15, -0.1) is 0 Å². The molecule has 0 saturated carbocycles. The Morgan fingerprint density at radius 1 is 0.929 bits per heavy atom. The van der Waals surface area contributed by atoms with Crippen LogP contribution in [0.2, 0.25) is 0 Å². The molecule has 0 aliphatic carbocycles. The number of Topliss-reactive ketones (excluding diaryl/α,β-unsaturated/α-hetero) is 1. The molecule has 0 aliphatic heterocycles. The summed E-state index contributed by atoms with van der Waals surface area (Å²) >= 11 is 0. The van der Waals surface area contributed by atoms with Crippen LogP contribution in [-0.4, -0.2) is 50.2 Å². The van der Waals surface area contributed by atoms with Crippen molar-refractivity contribution < 1.29 is 18.0 Å². The number of amides is 1. The molecule has 0 fully saturated rings. The van der Waals surface area contributed by atoms with Crippen molar-refractivity contribution in [1.29, 1.82) is 10.8 Å². The van der Waals surface area contributed by atoms with Gasteiger partial charge in [-0.3, -0.25) is 20.0 Å². The molecule has 0 spiro atoms. The molecular formula is C29H42N8O4S. The molecule has 0 heterocycles. The first-order valence-electron chi connectivity index (χ1n) is 13.6. The van der Waals surface area contributed by atoms with Crippen LogP contribution in [0.25, 0.3) is 0 Å². The zero-order chi connectivity index (χ0) is 31.4. The Labute approximate surface area is 247 Å². The van der Waals surface area contributed by atoms with Gasteiger partial charge in [0.15, 0.2) is 11.7 Å². The van der Waals surface area contributed by atoms with Crippen molar-refractivity contribution in [3.05, 3.63) is 70.8 Å². The van der Waals surface area contributed by atoms with Gasteiger partial charge >= 0.3 is 0 Å². The van der Waals surface area contributed by atoms with E-state index in [-0.39, 0.29) is 48.9 Å². The van der Waals surface area contributed by atoms with Gasteiger partial charge in [-0.05, 0) is 42.4 Å². The third-order valence-electron chi connectivity index (χ3n) is 6.62. The highest BCUT2D eigenvalue weighted by Crippen LogP contribution is 2.18. The predicted molar refractivity (Wildman–Crippen MR) is 166 cm³/mol. The molecule has 0 aliphatic rings. The zero-order valence-corrected chi connectivity index (χ0v) is 25.1. The summed E-state index contributed by atoms with van der Waals surface area (Å²) in [5, 5.41) is 18.1. The van der Waals surface area contributed by atoms with E-state index in [1.165, 1.54) is 0 Å². The first-order chi connectivity index (χ1) is 19.7. The Hall–Kier alpha value is -4.10. The highest BCUT2D eigenvalue weighted by Gasteiger charge is 2.31. The van der Waals surface area contributed by atoms with Crippen molar-refractivity contribution in [2.75, 3.05) is 6.54 Å². The molecule has 0 bridgehead atoms. The summed E-state index contributed by atoms with van der Waals surface area (Å²) in [6, 6.07) is 12.5. The zero-order valence-electron chi connectivity index (χ0n) is 24.3. The fourth-order valence-corrected chi connectivity index (χ4v) is 5.76. The number of ketones is 1. The number of carbonyl (C=O) groups is 2. The second-order valence-corrected chi connectivity index (χ2v) is 12.3. The first-order valence-corrected chi connectivity index (χ1v) is 15.3. The number of sulfonamides is 1. The maximum atomic E-state index is 13.4. The predicted octanol–water partition coefficient (Wildman–Crippen LogP) is 1.75. The van der Waals surface area contributed by atoms with E-state index < -0.39 is 27.8 Å². The number of carbonyl (C=O) groups excluding carboxylic acids is 2. The van der Waals surface area contributed by atoms with E-state index in [9.17, 15) is 18.0 Å². The lowest BCUT2D eigenvalue weighted by Gasteiger charge is -2.24. The second-order valence-electron chi connectivity index (χ2n) is 10.6. The molecular weight excluding hydrogens is 556 g/mol. The maximum Gasteiger partial charge on any atom is 0.223 e. The van der Waals surface area contributed by atoms with E-state index in [0.29, 0.717) is 29.7 Å². The Bertz CT molecular complexity index is 1380. The summed E-state index contributed by atoms with van der Waals surface area (Å²) in [5.41, 5.74) is 19.3. The van der Waals surface area contributed by atoms with Gasteiger partial charge < -0.3 is 27.9 Å². The Balaban J connectivity index is 2.13. The maximum absolute atomic E-state index is 13.4. The third kappa shape index (κ3) is 11.4. The number of aliphatic imine (C=N–C) groups is 1. The molecule has 2 aromatic rings. The molecule has 0 saturated heterocycles. The van der Waals surface area contributed by atoms with Gasteiger partial charge in [0.2, 0.25) is 15.9 Å². The van der Waals surface area contributed by atoms with Crippen LogP contribution in [-0.2, 0) is 31.9 Å². The van der Waals surface area contributed by atoms with Crippen molar-refractivity contribution in [3.63, 3.8) is 0 Å². The fourth-order valence-electron chi connectivity index (χ4n) is 4.26. The minimum atomic E-state index is -3.92. The van der Waals surface area contributed by atoms with E-state index in [0.717, 1.165) is 11.1 Å². The van der Waals surface area contributed by atoms with Crippen LogP contribution in [0.15, 0.2) is 53.5 Å². The van der Waals surface area contributed by atoms with Crippen LogP contribution in [0.5, 0.6) is 0 Å². The lowest BCUT2D eigenvalue weighted by Crippen LogP contribution is -2.46. The molecule has 2 atom stereocenters. The van der Waals surface area contributed by atoms with Crippen molar-refractivity contribution in [1.82, 2.24) is 10.0 Å². The number of rotatable bonds is 17. The third-order valence-corrected chi connectivity index (χ3v) is 7.95. The number of benzene rings is 2. The highest BCUT2D eigenvalue weighted by molar-refractivity contribution is 7.88. The standard InChI is InChI=1S/C29H42N8O4S/c1-18(2)26(37-42(40,41)17-21-8-12-23(13-9-21)27(31)32)25(38)15-24(5-4-14-35-29(33)34)28(39)36-16-20-6-10-22(11-7-20)19(3)30/h6-13,18,24,26,30,37H,4-5,14-17H2,1-3H3,(H3,31,32)(H,36,39)(H4,33,34,35)/t24-,26+/m1/s1. The van der Waals surface area contributed by atoms with Crippen LogP contribution in [0.1, 0.15) is 62.3 Å². The monoisotopic (exact) mass is 598 g/mol. The van der Waals surface area contributed by atoms with E-state index in [1.54, 1.807) is 57.2 Å². The molecule has 2 rings (SSSR count). The van der Waals surface area contributed by atoms with Gasteiger partial charge in [0.1, 0.15) is 5.84 Å². The molecule has 2 aromatic carbocycles. The Morgan fingerprint density at radius 3 is 2.02 bits per heavy atom. The number of hydrogen-bond donors (Lipinski definition) is 7. The number of nitrogens with two attached hydrogens (primary N) is 3. The largest absolute Gasteiger partial charge is 0.384 e. The van der Waals surface area contributed by atoms with E-state index in [4.69, 9.17) is 28.0 Å². The quantitative estimate of drug-likeness (QED) is 0.0809. The van der Waals surface area contributed by atoms with E-state index in [2.05, 4.69) is 15.0 Å². The molecule has 228 valence electrons. The summed E-state index contributed by atoms with van der Waals surface area (Å²) in [7, 11) is -3.92. The minimum absolute atomic E-state index is 0.0686. The molecule has 13 heteroatoms. The minimum Gasteiger partial charge on any atom is -0.384 e. The summed E-state index contributed by atoms with van der Waals surface area (Å²) in [6.07, 6.45) is 0.601. The summed E-state index contributed by atoms with van der Waals surface area (Å²) in [4.78, 5) is 30.6. The number of nitrogen functional groups attached to an aromatic ring is 1. The first kappa shape index (κ1) is 34.1. The smallest absolute Gasteiger partial charge is 0.223 e. The summed E-state index contributed by atoms with van der Waals surface area (Å²) < 4.78 is 28.5. The van der Waals surface area contributed by atoms with Crippen molar-refractivity contribution in [2.24, 2.45) is 34.0 Å². The Morgan fingerprint density at radius 2 is 1.50 bits per heavy atom. The lowest BCUT2D eigenvalue weighted by atomic mass is 9.90. The van der Waals surface area contributed by atoms with Gasteiger partial charge in [-0.1, -0.05) is 62.4 Å². The molecule has 42 heavy (non-hydrogen) atoms. The average Bonchev–Trinajstić information content (AvgIpc) is 2.92. The number of guanidine groups is 1. The van der Waals surface area contributed by atoms with Gasteiger partial charge in [-0.25, -0.2) is 13.1 Å². The van der Waals surface area contributed by atoms with Crippen LogP contribution < -0.4 is 27.2 Å². The van der Waals surface area contributed by atoms with Crippen molar-refractivity contribution >= 4 is 39.2 Å². The van der Waals surface area contributed by atoms with Crippen molar-refractivity contribution in [3.8, 4) is 0 Å². The van der Waals surface area contributed by atoms with Crippen LogP contribution in [0.4, 0.5) is 0 Å². The molecule has 12 nitrogen and oxygen atoms in total. The summed E-state index contributed by atoms with van der Waals surface area (Å²) in [6.45, 7) is 5.68. The number of hydrogen-bond acceptors (Lipinski definition) is 7. The normalized spacial score (nSPS) is 12.8. The van der Waals surface area contributed by atoms with Crippen molar-refractivity contribution in [2.45, 2.75) is 58.4 Å². The topological polar surface area (TPSA) is 230 Å². The van der Waals surface area contributed by atoms with Gasteiger partial charge in [0, 0.05) is 36.7 Å². The van der Waals surface area contributed by atoms with Crippen LogP contribution in [0, 0.1) is 22.7 Å². The molecule has 0 unspecified atom stereocenters. The SMILES string of the molecule is CC(=N)c1ccc(CNC(=O)[C@H](CCCN=C(N)N)CC(=O)[C@@H](NS(=O)(=O)Cc2ccc(C(=N)N)cc2)C(C)C)cc1. The molecule has 0 radical (unpaired) electrons. The molecule has 0 aromatic heterocycles. The van der Waals surface area contributed by atoms with Crippen LogP contribution >= 0.6 is 0 Å². The van der Waals surface area contributed by atoms with E-state index >= 15 is 0 Å². The number of amidine groups is 1. The lowest BCUT2D eigenvalue weighted by molar-refractivity contribution is -0.130. The number of nitrogens with zero attached hydrogens (tertiary/aromatic N) is 1.